The highest BCUT2D eigenvalue weighted by molar-refractivity contribution is 5.25. The zero-order valence-electron chi connectivity index (χ0n) is 20.6. The van der Waals surface area contributed by atoms with Crippen LogP contribution in [-0.4, -0.2) is 11.2 Å². The highest BCUT2D eigenvalue weighted by Crippen LogP contribution is 2.66. The van der Waals surface area contributed by atoms with Gasteiger partial charge in [0.05, 0.1) is 6.10 Å². The summed E-state index contributed by atoms with van der Waals surface area (Å²) in [6, 6.07) is 0. The summed E-state index contributed by atoms with van der Waals surface area (Å²) in [6.45, 7) is 10.0. The number of fused-ring (bicyclic) bond motifs is 5. The van der Waals surface area contributed by atoms with Crippen LogP contribution in [0.5, 0.6) is 0 Å². The van der Waals surface area contributed by atoms with Gasteiger partial charge in [-0.25, -0.2) is 0 Å². The van der Waals surface area contributed by atoms with Crippen LogP contribution in [0.3, 0.4) is 0 Å². The number of rotatable bonds is 8. The van der Waals surface area contributed by atoms with Gasteiger partial charge in [-0.15, -0.1) is 0 Å². The molecule has 0 aromatic heterocycles. The SMILES string of the molecule is CCCCC(CCC)CCC1CCC2C3CC=C4CC(O)CCC4(C)C3CCC12C. The van der Waals surface area contributed by atoms with Gasteiger partial charge in [0, 0.05) is 0 Å². The van der Waals surface area contributed by atoms with Crippen LogP contribution >= 0.6 is 0 Å². The number of aliphatic hydroxyl groups excluding tert-OH is 1. The average Bonchev–Trinajstić information content (AvgIpc) is 3.07. The van der Waals surface area contributed by atoms with E-state index in [1.807, 2.05) is 0 Å². The normalized spacial score (nSPS) is 44.0. The number of aliphatic hydroxyl groups is 1. The number of hydrogen-bond donors (Lipinski definition) is 1. The fourth-order valence-corrected chi connectivity index (χ4v) is 9.00. The molecular formula is C29H50O. The molecule has 0 aromatic rings. The monoisotopic (exact) mass is 414 g/mol. The maximum atomic E-state index is 10.2. The molecule has 4 aliphatic carbocycles. The van der Waals surface area contributed by atoms with Crippen molar-refractivity contribution in [3.63, 3.8) is 0 Å². The van der Waals surface area contributed by atoms with Gasteiger partial charge in [0.25, 0.3) is 0 Å². The van der Waals surface area contributed by atoms with E-state index in [0.29, 0.717) is 10.8 Å². The lowest BCUT2D eigenvalue weighted by atomic mass is 9.47. The Hall–Kier alpha value is -0.300. The molecule has 1 heteroatoms. The number of hydrogen-bond acceptors (Lipinski definition) is 1. The Morgan fingerprint density at radius 2 is 1.80 bits per heavy atom. The van der Waals surface area contributed by atoms with E-state index in [9.17, 15) is 5.11 Å². The van der Waals surface area contributed by atoms with Crippen LogP contribution in [0.15, 0.2) is 11.6 Å². The molecule has 3 fully saturated rings. The second-order valence-electron chi connectivity index (χ2n) is 12.3. The molecule has 0 aromatic carbocycles. The van der Waals surface area contributed by atoms with Gasteiger partial charge in [-0.1, -0.05) is 77.9 Å². The summed E-state index contributed by atoms with van der Waals surface area (Å²) >= 11 is 0. The van der Waals surface area contributed by atoms with Crippen LogP contribution in [0, 0.1) is 40.4 Å². The van der Waals surface area contributed by atoms with Crippen molar-refractivity contribution in [3.8, 4) is 0 Å². The predicted octanol–water partition coefficient (Wildman–Crippen LogP) is 8.31. The van der Waals surface area contributed by atoms with Gasteiger partial charge in [0.2, 0.25) is 0 Å². The smallest absolute Gasteiger partial charge is 0.0577 e. The molecule has 4 rings (SSSR count). The maximum Gasteiger partial charge on any atom is 0.0577 e. The van der Waals surface area contributed by atoms with Gasteiger partial charge in [-0.3, -0.25) is 0 Å². The first-order valence-corrected chi connectivity index (χ1v) is 13.8. The van der Waals surface area contributed by atoms with Crippen molar-refractivity contribution < 1.29 is 5.11 Å². The van der Waals surface area contributed by atoms with Crippen LogP contribution in [-0.2, 0) is 0 Å². The molecule has 8 atom stereocenters. The number of allylic oxidation sites excluding steroid dienone is 1. The number of unbranched alkanes of at least 4 members (excludes halogenated alkanes) is 1. The molecule has 4 aliphatic rings. The summed E-state index contributed by atoms with van der Waals surface area (Å²) in [5, 5.41) is 10.2. The summed E-state index contributed by atoms with van der Waals surface area (Å²) in [5.74, 6) is 4.74. The molecule has 1 N–H and O–H groups in total. The molecule has 30 heavy (non-hydrogen) atoms. The Bertz CT molecular complexity index is 607. The van der Waals surface area contributed by atoms with E-state index in [0.717, 1.165) is 42.4 Å². The van der Waals surface area contributed by atoms with Crippen molar-refractivity contribution in [2.75, 3.05) is 0 Å². The maximum absolute atomic E-state index is 10.2. The van der Waals surface area contributed by atoms with Crippen LogP contribution in [0.2, 0.25) is 0 Å². The van der Waals surface area contributed by atoms with E-state index < -0.39 is 0 Å². The fourth-order valence-electron chi connectivity index (χ4n) is 9.00. The summed E-state index contributed by atoms with van der Waals surface area (Å²) in [5.41, 5.74) is 2.63. The van der Waals surface area contributed by atoms with E-state index in [1.165, 1.54) is 83.5 Å². The Morgan fingerprint density at radius 1 is 0.967 bits per heavy atom. The van der Waals surface area contributed by atoms with Crippen LogP contribution in [0.4, 0.5) is 0 Å². The standard InChI is InChI=1S/C29H50O/c1-5-7-9-21(8-6-2)10-11-22-13-15-26-25-14-12-23-20-24(30)16-18-29(23,4)27(25)17-19-28(22,26)3/h12,21-22,24-27,30H,5-11,13-20H2,1-4H3. The molecule has 0 aliphatic heterocycles. The zero-order valence-corrected chi connectivity index (χ0v) is 20.6. The quantitative estimate of drug-likeness (QED) is 0.396. The highest BCUT2D eigenvalue weighted by Gasteiger charge is 2.58. The Labute approximate surface area is 187 Å². The Morgan fingerprint density at radius 3 is 2.57 bits per heavy atom. The molecule has 172 valence electrons. The molecule has 0 spiro atoms. The Balaban J connectivity index is 1.43. The van der Waals surface area contributed by atoms with Crippen molar-refractivity contribution in [1.29, 1.82) is 0 Å². The van der Waals surface area contributed by atoms with Crippen molar-refractivity contribution in [3.05, 3.63) is 11.6 Å². The van der Waals surface area contributed by atoms with Crippen LogP contribution in [0.25, 0.3) is 0 Å². The minimum atomic E-state index is -0.0747. The third-order valence-corrected chi connectivity index (χ3v) is 10.9. The van der Waals surface area contributed by atoms with E-state index in [2.05, 4.69) is 33.8 Å². The Kier molecular flexibility index (Phi) is 7.08. The summed E-state index contributed by atoms with van der Waals surface area (Å²) < 4.78 is 0. The highest BCUT2D eigenvalue weighted by atomic mass is 16.3. The second-order valence-corrected chi connectivity index (χ2v) is 12.3. The minimum absolute atomic E-state index is 0.0747. The lowest BCUT2D eigenvalue weighted by Crippen LogP contribution is -2.50. The second kappa shape index (κ2) is 9.29. The topological polar surface area (TPSA) is 20.2 Å². The molecule has 0 saturated heterocycles. The van der Waals surface area contributed by atoms with Gasteiger partial charge < -0.3 is 5.11 Å². The van der Waals surface area contributed by atoms with E-state index in [1.54, 1.807) is 5.57 Å². The zero-order chi connectivity index (χ0) is 21.4. The lowest BCUT2D eigenvalue weighted by Gasteiger charge is -2.58. The van der Waals surface area contributed by atoms with Gasteiger partial charge in [-0.2, -0.15) is 0 Å². The van der Waals surface area contributed by atoms with Gasteiger partial charge in [0.1, 0.15) is 0 Å². The molecule has 0 bridgehead atoms. The molecule has 3 saturated carbocycles. The summed E-state index contributed by atoms with van der Waals surface area (Å²) in [7, 11) is 0. The first-order valence-electron chi connectivity index (χ1n) is 13.8. The van der Waals surface area contributed by atoms with Crippen molar-refractivity contribution in [1.82, 2.24) is 0 Å². The first-order chi connectivity index (χ1) is 14.4. The van der Waals surface area contributed by atoms with Crippen LogP contribution < -0.4 is 0 Å². The average molecular weight is 415 g/mol. The first kappa shape index (κ1) is 22.9. The van der Waals surface area contributed by atoms with E-state index in [-0.39, 0.29) is 6.10 Å². The predicted molar refractivity (Wildman–Crippen MR) is 128 cm³/mol. The van der Waals surface area contributed by atoms with Gasteiger partial charge >= 0.3 is 0 Å². The molecule has 0 amide bonds. The van der Waals surface area contributed by atoms with Crippen molar-refractivity contribution >= 4 is 0 Å². The van der Waals surface area contributed by atoms with E-state index >= 15 is 0 Å². The van der Waals surface area contributed by atoms with E-state index in [4.69, 9.17) is 0 Å². The largest absolute Gasteiger partial charge is 0.393 e. The third-order valence-electron chi connectivity index (χ3n) is 10.9. The molecule has 0 heterocycles. The van der Waals surface area contributed by atoms with Crippen molar-refractivity contribution in [2.45, 2.75) is 130 Å². The molecule has 8 unspecified atom stereocenters. The molecular weight excluding hydrogens is 364 g/mol. The third kappa shape index (κ3) is 4.06. The lowest BCUT2D eigenvalue weighted by molar-refractivity contribution is -0.0513. The molecule has 1 nitrogen and oxygen atoms in total. The fraction of sp³-hybridized carbons (Fsp3) is 0.931. The van der Waals surface area contributed by atoms with Crippen molar-refractivity contribution in [2.24, 2.45) is 40.4 Å². The minimum Gasteiger partial charge on any atom is -0.393 e. The summed E-state index contributed by atoms with van der Waals surface area (Å²) in [6.07, 6.45) is 23.1. The van der Waals surface area contributed by atoms with Crippen LogP contribution in [0.1, 0.15) is 124 Å². The van der Waals surface area contributed by atoms with Gasteiger partial charge in [-0.05, 0) is 98.2 Å². The molecule has 0 radical (unpaired) electrons. The van der Waals surface area contributed by atoms with Gasteiger partial charge in [0.15, 0.2) is 0 Å². The summed E-state index contributed by atoms with van der Waals surface area (Å²) in [4.78, 5) is 0.